The van der Waals surface area contributed by atoms with E-state index < -0.39 is 0 Å². The molecule has 0 fully saturated rings. The molecular weight excluding hydrogens is 394 g/mol. The number of aromatic nitrogens is 1. The molecule has 3 aromatic rings. The Labute approximate surface area is 181 Å². The van der Waals surface area contributed by atoms with Crippen LogP contribution in [-0.2, 0) is 29.0 Å². The third-order valence-corrected chi connectivity index (χ3v) is 5.61. The van der Waals surface area contributed by atoms with E-state index in [-0.39, 0.29) is 24.3 Å². The van der Waals surface area contributed by atoms with Crippen LogP contribution in [0.3, 0.4) is 0 Å². The zero-order valence-electron chi connectivity index (χ0n) is 17.4. The number of nitrogens with one attached hydrogen (secondary N) is 2. The first-order chi connectivity index (χ1) is 14.5. The molecular formula is C24H27N3O2S. The summed E-state index contributed by atoms with van der Waals surface area (Å²) < 4.78 is 0. The first-order valence-electron chi connectivity index (χ1n) is 10.1. The van der Waals surface area contributed by atoms with Gasteiger partial charge in [-0.05, 0) is 30.9 Å². The lowest BCUT2D eigenvalue weighted by Crippen LogP contribution is -2.30. The Morgan fingerprint density at radius 1 is 1.03 bits per heavy atom. The molecule has 1 atom stereocenters. The smallest absolute Gasteiger partial charge is 0.227 e. The maximum atomic E-state index is 12.2. The van der Waals surface area contributed by atoms with Gasteiger partial charge in [0.15, 0.2) is 0 Å². The van der Waals surface area contributed by atoms with E-state index in [9.17, 15) is 9.59 Å². The van der Waals surface area contributed by atoms with Gasteiger partial charge in [0.05, 0.1) is 12.1 Å². The van der Waals surface area contributed by atoms with Gasteiger partial charge in [0.1, 0.15) is 5.01 Å². The molecule has 0 aliphatic carbocycles. The van der Waals surface area contributed by atoms with E-state index in [0.29, 0.717) is 6.54 Å². The van der Waals surface area contributed by atoms with Gasteiger partial charge in [-0.3, -0.25) is 9.59 Å². The minimum Gasteiger partial charge on any atom is -0.354 e. The van der Waals surface area contributed by atoms with E-state index >= 15 is 0 Å². The number of nitrogens with zero attached hydrogens (tertiary/aromatic N) is 1. The fourth-order valence-electron chi connectivity index (χ4n) is 3.17. The van der Waals surface area contributed by atoms with Crippen molar-refractivity contribution in [1.29, 1.82) is 0 Å². The van der Waals surface area contributed by atoms with E-state index in [1.54, 1.807) is 6.92 Å². The Balaban J connectivity index is 1.50. The van der Waals surface area contributed by atoms with Gasteiger partial charge in [0.2, 0.25) is 11.8 Å². The molecule has 0 saturated heterocycles. The topological polar surface area (TPSA) is 71.1 Å². The lowest BCUT2D eigenvalue weighted by molar-refractivity contribution is -0.121. The second-order valence-electron chi connectivity index (χ2n) is 7.40. The molecule has 0 bridgehead atoms. The van der Waals surface area contributed by atoms with Gasteiger partial charge < -0.3 is 10.6 Å². The van der Waals surface area contributed by atoms with Crippen LogP contribution in [0.25, 0.3) is 11.3 Å². The third kappa shape index (κ3) is 6.81. The van der Waals surface area contributed by atoms with E-state index in [0.717, 1.165) is 34.7 Å². The Kier molecular flexibility index (Phi) is 7.74. The summed E-state index contributed by atoms with van der Waals surface area (Å²) in [5.74, 6) is -0.0191. The minimum absolute atomic E-state index is 0.00549. The van der Waals surface area contributed by atoms with Gasteiger partial charge in [-0.1, -0.05) is 54.6 Å². The summed E-state index contributed by atoms with van der Waals surface area (Å²) in [5, 5.41) is 8.65. The molecule has 0 aliphatic heterocycles. The molecule has 5 nitrogen and oxygen atoms in total. The van der Waals surface area contributed by atoms with Crippen molar-refractivity contribution < 1.29 is 9.59 Å². The maximum Gasteiger partial charge on any atom is 0.227 e. The number of carbonyl (C=O) groups excluding carboxylic acids is 2. The number of amides is 2. The molecule has 30 heavy (non-hydrogen) atoms. The second-order valence-corrected chi connectivity index (χ2v) is 8.35. The normalized spacial score (nSPS) is 11.7. The van der Waals surface area contributed by atoms with E-state index in [2.05, 4.69) is 39.9 Å². The van der Waals surface area contributed by atoms with Gasteiger partial charge in [0.25, 0.3) is 0 Å². The molecule has 0 unspecified atom stereocenters. The Morgan fingerprint density at radius 3 is 2.47 bits per heavy atom. The van der Waals surface area contributed by atoms with Crippen molar-refractivity contribution in [2.24, 2.45) is 0 Å². The fraction of sp³-hybridized carbons (Fsp3) is 0.292. The zero-order valence-corrected chi connectivity index (χ0v) is 18.2. The summed E-state index contributed by atoms with van der Waals surface area (Å²) in [6.45, 7) is 4.09. The van der Waals surface area contributed by atoms with Crippen molar-refractivity contribution in [3.8, 4) is 11.3 Å². The molecule has 2 N–H and O–H groups in total. The zero-order chi connectivity index (χ0) is 21.3. The molecule has 0 radical (unpaired) electrons. The summed E-state index contributed by atoms with van der Waals surface area (Å²) in [5.41, 5.74) is 4.24. The van der Waals surface area contributed by atoms with Crippen molar-refractivity contribution in [1.82, 2.24) is 15.6 Å². The van der Waals surface area contributed by atoms with Crippen LogP contribution in [-0.4, -0.2) is 22.8 Å². The van der Waals surface area contributed by atoms with Gasteiger partial charge in [0, 0.05) is 30.5 Å². The third-order valence-electron chi connectivity index (χ3n) is 4.76. The summed E-state index contributed by atoms with van der Waals surface area (Å²) >= 11 is 1.51. The quantitative estimate of drug-likeness (QED) is 0.546. The van der Waals surface area contributed by atoms with Crippen LogP contribution < -0.4 is 10.6 Å². The predicted octanol–water partition coefficient (Wildman–Crippen LogP) is 4.13. The Hall–Kier alpha value is -2.99. The molecule has 2 amide bonds. The lowest BCUT2D eigenvalue weighted by Gasteiger charge is -2.12. The first-order valence-corrected chi connectivity index (χ1v) is 11.0. The molecule has 156 valence electrons. The highest BCUT2D eigenvalue weighted by atomic mass is 32.1. The molecule has 3 rings (SSSR count). The molecule has 6 heteroatoms. The summed E-state index contributed by atoms with van der Waals surface area (Å²) in [4.78, 5) is 27.9. The maximum absolute atomic E-state index is 12.2. The highest BCUT2D eigenvalue weighted by molar-refractivity contribution is 7.10. The average molecular weight is 422 g/mol. The van der Waals surface area contributed by atoms with Crippen LogP contribution in [0.1, 0.15) is 36.4 Å². The van der Waals surface area contributed by atoms with Crippen molar-refractivity contribution in [2.45, 2.75) is 45.7 Å². The van der Waals surface area contributed by atoms with Gasteiger partial charge >= 0.3 is 0 Å². The largest absolute Gasteiger partial charge is 0.354 e. The van der Waals surface area contributed by atoms with Crippen LogP contribution in [0.5, 0.6) is 0 Å². The van der Waals surface area contributed by atoms with E-state index in [4.69, 9.17) is 0 Å². The highest BCUT2D eigenvalue weighted by Crippen LogP contribution is 2.23. The number of thiazole rings is 1. The standard InChI is InChI=1S/C24H27N3O2S/c1-17(26-18(2)28)8-9-19-10-12-21(13-11-19)22-16-30-24(27-22)14-23(29)25-15-20-6-4-3-5-7-20/h3-7,10-13,16-17H,8-9,14-15H2,1-2H3,(H,25,29)(H,26,28)/t17-/m0/s1. The number of hydrogen-bond acceptors (Lipinski definition) is 4. The number of carbonyl (C=O) groups is 2. The number of rotatable bonds is 9. The first kappa shape index (κ1) is 21.7. The minimum atomic E-state index is -0.0246. The van der Waals surface area contributed by atoms with Crippen molar-refractivity contribution in [2.75, 3.05) is 0 Å². The van der Waals surface area contributed by atoms with Crippen LogP contribution in [0, 0.1) is 0 Å². The SMILES string of the molecule is CC(=O)N[C@@H](C)CCc1ccc(-c2csc(CC(=O)NCc3ccccc3)n2)cc1. The molecule has 0 aliphatic rings. The second kappa shape index (κ2) is 10.7. The van der Waals surface area contributed by atoms with Gasteiger partial charge in [-0.15, -0.1) is 11.3 Å². The van der Waals surface area contributed by atoms with E-state index in [1.165, 1.54) is 16.9 Å². The van der Waals surface area contributed by atoms with Crippen LogP contribution >= 0.6 is 11.3 Å². The predicted molar refractivity (Wildman–Crippen MR) is 121 cm³/mol. The number of hydrogen-bond donors (Lipinski definition) is 2. The summed E-state index contributed by atoms with van der Waals surface area (Å²) in [6, 6.07) is 18.4. The Bertz CT molecular complexity index is 968. The fourth-order valence-corrected chi connectivity index (χ4v) is 3.97. The van der Waals surface area contributed by atoms with E-state index in [1.807, 2.05) is 42.6 Å². The van der Waals surface area contributed by atoms with Crippen LogP contribution in [0.2, 0.25) is 0 Å². The van der Waals surface area contributed by atoms with Crippen molar-refractivity contribution in [3.05, 3.63) is 76.1 Å². The molecule has 1 aromatic heterocycles. The number of benzene rings is 2. The van der Waals surface area contributed by atoms with Crippen LogP contribution in [0.4, 0.5) is 0 Å². The van der Waals surface area contributed by atoms with Crippen molar-refractivity contribution >= 4 is 23.2 Å². The molecule has 2 aromatic carbocycles. The Morgan fingerprint density at radius 2 is 1.77 bits per heavy atom. The highest BCUT2D eigenvalue weighted by Gasteiger charge is 2.10. The summed E-state index contributed by atoms with van der Waals surface area (Å²) in [7, 11) is 0. The van der Waals surface area contributed by atoms with Crippen LogP contribution in [0.15, 0.2) is 60.0 Å². The van der Waals surface area contributed by atoms with Gasteiger partial charge in [-0.2, -0.15) is 0 Å². The lowest BCUT2D eigenvalue weighted by atomic mass is 10.0. The summed E-state index contributed by atoms with van der Waals surface area (Å²) in [6.07, 6.45) is 2.10. The van der Waals surface area contributed by atoms with Crippen molar-refractivity contribution in [3.63, 3.8) is 0 Å². The monoisotopic (exact) mass is 421 g/mol. The molecule has 0 saturated carbocycles. The van der Waals surface area contributed by atoms with Gasteiger partial charge in [-0.25, -0.2) is 4.98 Å². The average Bonchev–Trinajstić information content (AvgIpc) is 3.20. The molecule has 1 heterocycles. The molecule has 0 spiro atoms. The number of aryl methyl sites for hydroxylation is 1.